The van der Waals surface area contributed by atoms with Crippen LogP contribution in [0.3, 0.4) is 0 Å². The molecule has 0 spiro atoms. The van der Waals surface area contributed by atoms with E-state index in [0.717, 1.165) is 22.4 Å². The number of aryl methyl sites for hydroxylation is 1. The van der Waals surface area contributed by atoms with Gasteiger partial charge in [-0.3, -0.25) is 0 Å². The summed E-state index contributed by atoms with van der Waals surface area (Å²) in [6.45, 7) is 2.23. The second kappa shape index (κ2) is 7.46. The lowest BCUT2D eigenvalue weighted by Gasteiger charge is -2.06. The number of nitrogens with one attached hydrogen (secondary N) is 1. The molecule has 5 nitrogen and oxygen atoms in total. The van der Waals surface area contributed by atoms with Crippen LogP contribution in [0, 0.1) is 6.92 Å². The van der Waals surface area contributed by atoms with Gasteiger partial charge < -0.3 is 4.57 Å². The van der Waals surface area contributed by atoms with Gasteiger partial charge in [0.25, 0.3) is 0 Å². The second-order valence-electron chi connectivity index (χ2n) is 5.72. The Morgan fingerprint density at radius 2 is 1.80 bits per heavy atom. The first-order chi connectivity index (χ1) is 12.0. The molecule has 1 N–H and O–H groups in total. The Bertz CT molecular complexity index is 943. The summed E-state index contributed by atoms with van der Waals surface area (Å²) < 4.78 is 28.6. The first-order valence-electron chi connectivity index (χ1n) is 7.83. The zero-order valence-corrected chi connectivity index (χ0v) is 14.6. The van der Waals surface area contributed by atoms with E-state index < -0.39 is 10.0 Å². The van der Waals surface area contributed by atoms with Gasteiger partial charge in [-0.05, 0) is 36.3 Å². The molecular weight excluding hydrogens is 334 g/mol. The summed E-state index contributed by atoms with van der Waals surface area (Å²) in [5, 5.41) is 1.19. The van der Waals surface area contributed by atoms with E-state index in [1.165, 1.54) is 5.41 Å². The van der Waals surface area contributed by atoms with E-state index >= 15 is 0 Å². The third-order valence-electron chi connectivity index (χ3n) is 3.73. The highest BCUT2D eigenvalue weighted by Gasteiger charge is 2.05. The number of sulfonamides is 1. The van der Waals surface area contributed by atoms with Crippen molar-refractivity contribution in [3.63, 3.8) is 0 Å². The van der Waals surface area contributed by atoms with Gasteiger partial charge in [-0.15, -0.1) is 0 Å². The molecule has 0 unspecified atom stereocenters. The number of hydrogen-bond acceptors (Lipinski definition) is 3. The summed E-state index contributed by atoms with van der Waals surface area (Å²) >= 11 is 0. The van der Waals surface area contributed by atoms with Gasteiger partial charge in [-0.1, -0.05) is 42.0 Å². The topological polar surface area (TPSA) is 64.0 Å². The summed E-state index contributed by atoms with van der Waals surface area (Å²) in [4.78, 5) is 4.00. The number of benzene rings is 2. The third-order valence-corrected chi connectivity index (χ3v) is 4.77. The smallest absolute Gasteiger partial charge is 0.234 e. The lowest BCUT2D eigenvalue weighted by molar-refractivity contribution is 0.591. The van der Waals surface area contributed by atoms with Gasteiger partial charge in [0.1, 0.15) is 0 Å². The molecule has 6 heteroatoms. The van der Waals surface area contributed by atoms with Crippen LogP contribution in [0.1, 0.15) is 16.7 Å². The summed E-state index contributed by atoms with van der Waals surface area (Å²) in [7, 11) is -3.49. The maximum Gasteiger partial charge on any atom is 0.234 e. The molecule has 1 heterocycles. The van der Waals surface area contributed by atoms with Gasteiger partial charge >= 0.3 is 0 Å². The fraction of sp³-hybridized carbons (Fsp3) is 0.105. The van der Waals surface area contributed by atoms with Crippen molar-refractivity contribution in [3.05, 3.63) is 89.4 Å². The van der Waals surface area contributed by atoms with Gasteiger partial charge in [0.05, 0.1) is 6.33 Å². The Kier molecular flexibility index (Phi) is 5.11. The standard InChI is InChI=1S/C19H19N3O2S/c1-16-2-4-17(5-3-16)10-13-25(23,24)21-14-18-6-8-19(9-7-18)22-12-11-20-15-22/h2-13,15,21H,14H2,1H3/b13-10+. The molecule has 0 saturated heterocycles. The molecule has 0 aliphatic rings. The third kappa shape index (κ3) is 4.89. The summed E-state index contributed by atoms with van der Waals surface area (Å²) in [6, 6.07) is 15.3. The van der Waals surface area contributed by atoms with Crippen LogP contribution in [0.4, 0.5) is 0 Å². The van der Waals surface area contributed by atoms with Crippen molar-refractivity contribution < 1.29 is 8.42 Å². The van der Waals surface area contributed by atoms with Crippen molar-refractivity contribution >= 4 is 16.1 Å². The summed E-state index contributed by atoms with van der Waals surface area (Å²) in [5.41, 5.74) is 3.84. The Balaban J connectivity index is 1.61. The van der Waals surface area contributed by atoms with E-state index in [2.05, 4.69) is 9.71 Å². The zero-order chi connectivity index (χ0) is 17.7. The van der Waals surface area contributed by atoms with Crippen molar-refractivity contribution in [2.75, 3.05) is 0 Å². The molecule has 0 atom stereocenters. The van der Waals surface area contributed by atoms with Crippen LogP contribution in [-0.2, 0) is 16.6 Å². The summed E-state index contributed by atoms with van der Waals surface area (Å²) in [5.74, 6) is 0. The number of aromatic nitrogens is 2. The molecule has 3 rings (SSSR count). The van der Waals surface area contributed by atoms with E-state index in [9.17, 15) is 8.42 Å². The molecule has 25 heavy (non-hydrogen) atoms. The van der Waals surface area contributed by atoms with Gasteiger partial charge in [-0.25, -0.2) is 18.1 Å². The fourth-order valence-electron chi connectivity index (χ4n) is 2.28. The molecule has 0 bridgehead atoms. The van der Waals surface area contributed by atoms with Crippen LogP contribution in [-0.4, -0.2) is 18.0 Å². The first-order valence-corrected chi connectivity index (χ1v) is 9.38. The van der Waals surface area contributed by atoms with Gasteiger partial charge in [-0.2, -0.15) is 0 Å². The highest BCUT2D eigenvalue weighted by molar-refractivity contribution is 7.92. The van der Waals surface area contributed by atoms with Crippen molar-refractivity contribution in [2.45, 2.75) is 13.5 Å². The van der Waals surface area contributed by atoms with Crippen LogP contribution in [0.5, 0.6) is 0 Å². The predicted molar refractivity (Wildman–Crippen MR) is 99.5 cm³/mol. The Morgan fingerprint density at radius 1 is 1.08 bits per heavy atom. The van der Waals surface area contributed by atoms with Crippen molar-refractivity contribution in [1.29, 1.82) is 0 Å². The lowest BCUT2D eigenvalue weighted by atomic mass is 10.2. The zero-order valence-electron chi connectivity index (χ0n) is 13.8. The van der Waals surface area contributed by atoms with Gasteiger partial charge in [0.2, 0.25) is 10.0 Å². The van der Waals surface area contributed by atoms with Gasteiger partial charge in [0, 0.05) is 30.0 Å². The molecule has 0 aliphatic carbocycles. The van der Waals surface area contributed by atoms with Crippen molar-refractivity contribution in [2.24, 2.45) is 0 Å². The largest absolute Gasteiger partial charge is 0.306 e. The molecule has 3 aromatic rings. The monoisotopic (exact) mass is 353 g/mol. The molecule has 0 amide bonds. The number of imidazole rings is 1. The fourth-order valence-corrected chi connectivity index (χ4v) is 3.08. The molecule has 128 valence electrons. The average molecular weight is 353 g/mol. The SMILES string of the molecule is Cc1ccc(/C=C/S(=O)(=O)NCc2ccc(-n3ccnc3)cc2)cc1. The van der Waals surface area contributed by atoms with Crippen LogP contribution >= 0.6 is 0 Å². The number of nitrogens with zero attached hydrogens (tertiary/aromatic N) is 2. The van der Waals surface area contributed by atoms with Crippen molar-refractivity contribution in [1.82, 2.24) is 14.3 Å². The van der Waals surface area contributed by atoms with E-state index in [0.29, 0.717) is 0 Å². The molecule has 0 fully saturated rings. The predicted octanol–water partition coefficient (Wildman–Crippen LogP) is 3.27. The average Bonchev–Trinajstić information content (AvgIpc) is 3.15. The van der Waals surface area contributed by atoms with Crippen molar-refractivity contribution in [3.8, 4) is 5.69 Å². The van der Waals surface area contributed by atoms with E-state index in [1.54, 1.807) is 18.6 Å². The highest BCUT2D eigenvalue weighted by Crippen LogP contribution is 2.10. The van der Waals surface area contributed by atoms with Crippen LogP contribution in [0.2, 0.25) is 0 Å². The van der Waals surface area contributed by atoms with E-state index in [1.807, 2.05) is 66.2 Å². The molecule has 1 aromatic heterocycles. The second-order valence-corrected chi connectivity index (χ2v) is 7.37. The van der Waals surface area contributed by atoms with E-state index in [4.69, 9.17) is 0 Å². The minimum absolute atomic E-state index is 0.241. The first kappa shape index (κ1) is 17.1. The van der Waals surface area contributed by atoms with E-state index in [-0.39, 0.29) is 6.54 Å². The molecule has 0 saturated carbocycles. The normalized spacial score (nSPS) is 11.9. The molecular formula is C19H19N3O2S. The molecule has 2 aromatic carbocycles. The minimum Gasteiger partial charge on any atom is -0.306 e. The quantitative estimate of drug-likeness (QED) is 0.740. The number of hydrogen-bond donors (Lipinski definition) is 1. The Morgan fingerprint density at radius 3 is 2.44 bits per heavy atom. The van der Waals surface area contributed by atoms with Crippen LogP contribution < -0.4 is 4.72 Å². The Hall–Kier alpha value is -2.70. The maximum atomic E-state index is 12.1. The van der Waals surface area contributed by atoms with Crippen LogP contribution in [0.25, 0.3) is 11.8 Å². The minimum atomic E-state index is -3.49. The van der Waals surface area contributed by atoms with Crippen LogP contribution in [0.15, 0.2) is 72.7 Å². The number of rotatable bonds is 6. The highest BCUT2D eigenvalue weighted by atomic mass is 32.2. The maximum absolute atomic E-state index is 12.1. The van der Waals surface area contributed by atoms with Gasteiger partial charge in [0.15, 0.2) is 0 Å². The summed E-state index contributed by atoms with van der Waals surface area (Å²) in [6.07, 6.45) is 6.87. The lowest BCUT2D eigenvalue weighted by Crippen LogP contribution is -2.20. The molecule has 0 aliphatic heterocycles. The Labute approximate surface area is 147 Å². The molecule has 0 radical (unpaired) electrons.